The van der Waals surface area contributed by atoms with E-state index in [2.05, 4.69) is 6.92 Å². The predicted octanol–water partition coefficient (Wildman–Crippen LogP) is 5.38. The van der Waals surface area contributed by atoms with Crippen molar-refractivity contribution in [3.8, 4) is 5.75 Å². The molecule has 6 nitrogen and oxygen atoms in total. The maximum atomic E-state index is 12.7. The Labute approximate surface area is 160 Å². The average molecular weight is 370 g/mol. The molecular weight excluding hydrogens is 344 g/mol. The molecule has 0 saturated carbocycles. The Kier molecular flexibility index (Phi) is 7.23. The normalized spacial score (nSPS) is 10.5. The minimum atomic E-state index is -1.05. The van der Waals surface area contributed by atoms with Crippen LogP contribution in [-0.2, 0) is 0 Å². The molecular formula is C21H26N2O4. The van der Waals surface area contributed by atoms with Gasteiger partial charge in [-0.25, -0.2) is 9.59 Å². The summed E-state index contributed by atoms with van der Waals surface area (Å²) >= 11 is 0. The number of carboxylic acid groups (broad SMARTS) is 1. The van der Waals surface area contributed by atoms with Gasteiger partial charge < -0.3 is 9.84 Å². The predicted molar refractivity (Wildman–Crippen MR) is 107 cm³/mol. The monoisotopic (exact) mass is 370 g/mol. The van der Waals surface area contributed by atoms with E-state index in [1.165, 1.54) is 4.90 Å². The maximum Gasteiger partial charge on any atom is 0.419 e. The quantitative estimate of drug-likeness (QED) is 0.710. The van der Waals surface area contributed by atoms with Gasteiger partial charge in [-0.3, -0.25) is 9.80 Å². The fraction of sp³-hybridized carbons (Fsp3) is 0.333. The van der Waals surface area contributed by atoms with Crippen molar-refractivity contribution in [1.29, 1.82) is 0 Å². The van der Waals surface area contributed by atoms with Crippen molar-refractivity contribution in [1.82, 2.24) is 0 Å². The summed E-state index contributed by atoms with van der Waals surface area (Å²) in [5.74, 6) is 0.307. The summed E-state index contributed by atoms with van der Waals surface area (Å²) in [5.41, 5.74) is 1.23. The smallest absolute Gasteiger partial charge is 0.419 e. The van der Waals surface area contributed by atoms with Crippen molar-refractivity contribution >= 4 is 23.6 Å². The number of para-hydroxylation sites is 1. The number of anilines is 2. The molecule has 2 aromatic rings. The Bertz CT molecular complexity index is 762. The highest BCUT2D eigenvalue weighted by Crippen LogP contribution is 2.24. The van der Waals surface area contributed by atoms with Crippen molar-refractivity contribution in [3.05, 3.63) is 54.6 Å². The van der Waals surface area contributed by atoms with Crippen molar-refractivity contribution in [2.75, 3.05) is 16.3 Å². The highest BCUT2D eigenvalue weighted by molar-refractivity contribution is 5.90. The number of unbranched alkanes of at least 4 members (excludes halogenated alkanes) is 1. The molecule has 2 aromatic carbocycles. The van der Waals surface area contributed by atoms with Crippen LogP contribution in [0.25, 0.3) is 0 Å². The first-order valence-corrected chi connectivity index (χ1v) is 9.10. The third-order valence-corrected chi connectivity index (χ3v) is 4.05. The maximum absolute atomic E-state index is 12.7. The van der Waals surface area contributed by atoms with Crippen LogP contribution in [0.1, 0.15) is 33.6 Å². The van der Waals surface area contributed by atoms with Crippen LogP contribution in [0.4, 0.5) is 21.0 Å². The van der Waals surface area contributed by atoms with Crippen LogP contribution in [-0.4, -0.2) is 29.9 Å². The Morgan fingerprint density at radius 1 is 1.04 bits per heavy atom. The van der Waals surface area contributed by atoms with Gasteiger partial charge in [0.05, 0.1) is 5.69 Å². The number of nitrogens with zero attached hydrogens (tertiary/aromatic N) is 2. The van der Waals surface area contributed by atoms with Crippen LogP contribution in [0.3, 0.4) is 0 Å². The molecule has 0 saturated heterocycles. The van der Waals surface area contributed by atoms with E-state index in [-0.39, 0.29) is 6.04 Å². The fourth-order valence-corrected chi connectivity index (χ4v) is 2.73. The van der Waals surface area contributed by atoms with Crippen molar-refractivity contribution < 1.29 is 19.4 Å². The molecule has 0 fully saturated rings. The van der Waals surface area contributed by atoms with Gasteiger partial charge in [-0.15, -0.1) is 0 Å². The van der Waals surface area contributed by atoms with Crippen LogP contribution in [0.5, 0.6) is 5.75 Å². The summed E-state index contributed by atoms with van der Waals surface area (Å²) in [4.78, 5) is 27.1. The second-order valence-electron chi connectivity index (χ2n) is 6.45. The van der Waals surface area contributed by atoms with E-state index in [4.69, 9.17) is 4.74 Å². The minimum absolute atomic E-state index is 0.237. The summed E-state index contributed by atoms with van der Waals surface area (Å²) in [5, 5.41) is 9.41. The van der Waals surface area contributed by atoms with Gasteiger partial charge in [0.1, 0.15) is 5.75 Å². The standard InChI is InChI=1S/C21H26N2O4/c1-4-5-14-22(17-10-7-6-8-11-17)21(26)27-19-13-9-12-18(15-19)23(16(2)3)20(24)25/h6-13,15-16H,4-5,14H2,1-3H3,(H,24,25). The van der Waals surface area contributed by atoms with Crippen LogP contribution in [0.2, 0.25) is 0 Å². The number of carbonyl (C=O) groups excluding carboxylic acids is 1. The molecule has 0 aliphatic rings. The molecule has 0 spiro atoms. The van der Waals surface area contributed by atoms with Gasteiger partial charge in [-0.1, -0.05) is 37.6 Å². The fourth-order valence-electron chi connectivity index (χ4n) is 2.73. The lowest BCUT2D eigenvalue weighted by Gasteiger charge is -2.24. The summed E-state index contributed by atoms with van der Waals surface area (Å²) in [6, 6.07) is 15.7. The highest BCUT2D eigenvalue weighted by Gasteiger charge is 2.20. The summed E-state index contributed by atoms with van der Waals surface area (Å²) in [6.07, 6.45) is 0.263. The summed E-state index contributed by atoms with van der Waals surface area (Å²) in [6.45, 7) is 6.18. The molecule has 0 aliphatic heterocycles. The number of carbonyl (C=O) groups is 2. The molecule has 27 heavy (non-hydrogen) atoms. The van der Waals surface area contributed by atoms with Crippen LogP contribution in [0.15, 0.2) is 54.6 Å². The number of amides is 2. The van der Waals surface area contributed by atoms with E-state index < -0.39 is 12.2 Å². The lowest BCUT2D eigenvalue weighted by atomic mass is 10.2. The number of hydrogen-bond donors (Lipinski definition) is 1. The molecule has 0 atom stereocenters. The third kappa shape index (κ3) is 5.48. The third-order valence-electron chi connectivity index (χ3n) is 4.05. The van der Waals surface area contributed by atoms with Crippen LogP contribution >= 0.6 is 0 Å². The first-order valence-electron chi connectivity index (χ1n) is 9.10. The van der Waals surface area contributed by atoms with Gasteiger partial charge in [-0.05, 0) is 44.5 Å². The number of hydrogen-bond acceptors (Lipinski definition) is 3. The van der Waals surface area contributed by atoms with Gasteiger partial charge >= 0.3 is 12.2 Å². The molecule has 0 unspecified atom stereocenters. The van der Waals surface area contributed by atoms with Crippen LogP contribution < -0.4 is 14.5 Å². The number of ether oxygens (including phenoxy) is 1. The Balaban J connectivity index is 2.22. The molecule has 0 bridgehead atoms. The van der Waals surface area contributed by atoms with Crippen molar-refractivity contribution in [2.24, 2.45) is 0 Å². The topological polar surface area (TPSA) is 70.1 Å². The molecule has 6 heteroatoms. The number of rotatable bonds is 7. The van der Waals surface area contributed by atoms with Crippen molar-refractivity contribution in [3.63, 3.8) is 0 Å². The van der Waals surface area contributed by atoms with Crippen molar-refractivity contribution in [2.45, 2.75) is 39.7 Å². The van der Waals surface area contributed by atoms with E-state index in [0.717, 1.165) is 18.5 Å². The van der Waals surface area contributed by atoms with E-state index in [9.17, 15) is 14.7 Å². The zero-order chi connectivity index (χ0) is 19.8. The van der Waals surface area contributed by atoms with Crippen LogP contribution in [0, 0.1) is 0 Å². The van der Waals surface area contributed by atoms with Gasteiger partial charge in [-0.2, -0.15) is 0 Å². The summed E-state index contributed by atoms with van der Waals surface area (Å²) in [7, 11) is 0. The summed E-state index contributed by atoms with van der Waals surface area (Å²) < 4.78 is 5.55. The van der Waals surface area contributed by atoms with E-state index in [0.29, 0.717) is 18.0 Å². The van der Waals surface area contributed by atoms with Gasteiger partial charge in [0.15, 0.2) is 0 Å². The molecule has 2 rings (SSSR count). The van der Waals surface area contributed by atoms with Gasteiger partial charge in [0, 0.05) is 24.3 Å². The largest absolute Gasteiger partial charge is 0.465 e. The first kappa shape index (κ1) is 20.3. The van der Waals surface area contributed by atoms with Gasteiger partial charge in [0.25, 0.3) is 0 Å². The average Bonchev–Trinajstić information content (AvgIpc) is 2.62. The first-order chi connectivity index (χ1) is 12.9. The second-order valence-corrected chi connectivity index (χ2v) is 6.45. The Hall–Kier alpha value is -3.02. The van der Waals surface area contributed by atoms with Gasteiger partial charge in [0.2, 0.25) is 0 Å². The molecule has 144 valence electrons. The molecule has 0 heterocycles. The lowest BCUT2D eigenvalue weighted by Crippen LogP contribution is -2.36. The minimum Gasteiger partial charge on any atom is -0.465 e. The molecule has 1 N–H and O–H groups in total. The molecule has 0 aliphatic carbocycles. The molecule has 0 aromatic heterocycles. The van der Waals surface area contributed by atoms with E-state index in [1.807, 2.05) is 30.3 Å². The Morgan fingerprint density at radius 3 is 2.30 bits per heavy atom. The second kappa shape index (κ2) is 9.62. The zero-order valence-electron chi connectivity index (χ0n) is 16.0. The molecule has 2 amide bonds. The number of benzene rings is 2. The van der Waals surface area contributed by atoms with E-state index >= 15 is 0 Å². The molecule has 0 radical (unpaired) electrons. The van der Waals surface area contributed by atoms with E-state index in [1.54, 1.807) is 43.0 Å². The zero-order valence-corrected chi connectivity index (χ0v) is 16.0. The lowest BCUT2D eigenvalue weighted by molar-refractivity contribution is 0.200. The Morgan fingerprint density at radius 2 is 1.70 bits per heavy atom. The SMILES string of the molecule is CCCCN(C(=O)Oc1cccc(N(C(=O)O)C(C)C)c1)c1ccccc1. The highest BCUT2D eigenvalue weighted by atomic mass is 16.6.